The lowest BCUT2D eigenvalue weighted by Gasteiger charge is -2.29. The number of fused-ring (bicyclic) bond motifs is 1. The van der Waals surface area contributed by atoms with E-state index in [1.807, 2.05) is 13.8 Å². The number of amides is 1. The fraction of sp³-hybridized carbons (Fsp3) is 0.438. The SMILES string of the molecule is CCC(CC)(CO)CNC(=O)c1n[nH]c(=O)c2ccccc12. The Morgan fingerprint density at radius 1 is 1.27 bits per heavy atom. The second-order valence-corrected chi connectivity index (χ2v) is 5.49. The number of carbonyl (C=O) groups excluding carboxylic acids is 1. The normalized spacial score (nSPS) is 11.6. The van der Waals surface area contributed by atoms with Gasteiger partial charge in [0.2, 0.25) is 0 Å². The third-order valence-corrected chi connectivity index (χ3v) is 4.37. The van der Waals surface area contributed by atoms with E-state index in [1.165, 1.54) is 0 Å². The zero-order chi connectivity index (χ0) is 16.2. The first-order chi connectivity index (χ1) is 10.6. The second-order valence-electron chi connectivity index (χ2n) is 5.49. The number of aromatic nitrogens is 2. The lowest BCUT2D eigenvalue weighted by Crippen LogP contribution is -2.40. The molecule has 0 aliphatic rings. The quantitative estimate of drug-likeness (QED) is 0.752. The number of rotatable bonds is 6. The summed E-state index contributed by atoms with van der Waals surface area (Å²) in [6, 6.07) is 6.86. The summed E-state index contributed by atoms with van der Waals surface area (Å²) in [5.41, 5.74) is -0.457. The fourth-order valence-corrected chi connectivity index (χ4v) is 2.42. The molecule has 3 N–H and O–H groups in total. The van der Waals surface area contributed by atoms with Crippen molar-refractivity contribution in [3.8, 4) is 0 Å². The fourth-order valence-electron chi connectivity index (χ4n) is 2.42. The number of hydrogen-bond donors (Lipinski definition) is 3. The monoisotopic (exact) mass is 303 g/mol. The smallest absolute Gasteiger partial charge is 0.272 e. The maximum Gasteiger partial charge on any atom is 0.272 e. The predicted octanol–water partition coefficient (Wildman–Crippen LogP) is 1.45. The summed E-state index contributed by atoms with van der Waals surface area (Å²) in [7, 11) is 0. The number of carbonyl (C=O) groups is 1. The van der Waals surface area contributed by atoms with Gasteiger partial charge in [-0.1, -0.05) is 32.0 Å². The molecule has 6 nitrogen and oxygen atoms in total. The second kappa shape index (κ2) is 6.70. The number of nitrogens with zero attached hydrogens (tertiary/aromatic N) is 1. The molecule has 1 aromatic heterocycles. The molecule has 2 rings (SSSR count). The molecule has 0 bridgehead atoms. The first kappa shape index (κ1) is 16.2. The van der Waals surface area contributed by atoms with Gasteiger partial charge in [0.05, 0.1) is 12.0 Å². The van der Waals surface area contributed by atoms with Crippen molar-refractivity contribution in [2.45, 2.75) is 26.7 Å². The van der Waals surface area contributed by atoms with E-state index in [0.717, 1.165) is 12.8 Å². The molecule has 1 aromatic carbocycles. The molecular formula is C16H21N3O3. The summed E-state index contributed by atoms with van der Waals surface area (Å²) < 4.78 is 0. The van der Waals surface area contributed by atoms with Crippen LogP contribution in [-0.2, 0) is 0 Å². The molecule has 0 aliphatic heterocycles. The highest BCUT2D eigenvalue weighted by atomic mass is 16.3. The van der Waals surface area contributed by atoms with Crippen LogP contribution in [0.5, 0.6) is 0 Å². The highest BCUT2D eigenvalue weighted by Gasteiger charge is 2.26. The summed E-state index contributed by atoms with van der Waals surface area (Å²) in [5.74, 6) is -0.354. The van der Waals surface area contributed by atoms with Crippen molar-refractivity contribution in [3.63, 3.8) is 0 Å². The van der Waals surface area contributed by atoms with Gasteiger partial charge in [-0.25, -0.2) is 5.10 Å². The molecule has 0 saturated heterocycles. The van der Waals surface area contributed by atoms with Gasteiger partial charge < -0.3 is 10.4 Å². The van der Waals surface area contributed by atoms with Gasteiger partial charge in [0.15, 0.2) is 5.69 Å². The van der Waals surface area contributed by atoms with Gasteiger partial charge in [-0.05, 0) is 18.9 Å². The van der Waals surface area contributed by atoms with Crippen LogP contribution >= 0.6 is 0 Å². The Balaban J connectivity index is 2.28. The lowest BCUT2D eigenvalue weighted by atomic mass is 9.83. The molecule has 0 aliphatic carbocycles. The Kier molecular flexibility index (Phi) is 4.92. The number of benzene rings is 1. The Morgan fingerprint density at radius 2 is 1.91 bits per heavy atom. The minimum atomic E-state index is -0.354. The van der Waals surface area contributed by atoms with E-state index in [1.54, 1.807) is 24.3 Å². The zero-order valence-electron chi connectivity index (χ0n) is 12.8. The zero-order valence-corrected chi connectivity index (χ0v) is 12.8. The van der Waals surface area contributed by atoms with Crippen LogP contribution in [0.15, 0.2) is 29.1 Å². The van der Waals surface area contributed by atoms with Gasteiger partial charge in [0.1, 0.15) is 0 Å². The van der Waals surface area contributed by atoms with Crippen molar-refractivity contribution >= 4 is 16.7 Å². The number of nitrogens with one attached hydrogen (secondary N) is 2. The average molecular weight is 303 g/mol. The van der Waals surface area contributed by atoms with E-state index in [-0.39, 0.29) is 29.2 Å². The van der Waals surface area contributed by atoms with Crippen molar-refractivity contribution in [2.75, 3.05) is 13.2 Å². The molecule has 6 heteroatoms. The van der Waals surface area contributed by atoms with E-state index in [9.17, 15) is 14.7 Å². The Morgan fingerprint density at radius 3 is 2.50 bits per heavy atom. The number of aliphatic hydroxyl groups excluding tert-OH is 1. The first-order valence-corrected chi connectivity index (χ1v) is 7.43. The summed E-state index contributed by atoms with van der Waals surface area (Å²) >= 11 is 0. The van der Waals surface area contributed by atoms with Crippen LogP contribution in [0.2, 0.25) is 0 Å². The molecule has 0 unspecified atom stereocenters. The van der Waals surface area contributed by atoms with E-state index in [0.29, 0.717) is 17.3 Å². The van der Waals surface area contributed by atoms with Crippen molar-refractivity contribution in [3.05, 3.63) is 40.3 Å². The van der Waals surface area contributed by atoms with Crippen molar-refractivity contribution in [1.29, 1.82) is 0 Å². The van der Waals surface area contributed by atoms with Crippen molar-refractivity contribution in [1.82, 2.24) is 15.5 Å². The van der Waals surface area contributed by atoms with Crippen LogP contribution in [0, 0.1) is 5.41 Å². The number of hydrogen-bond acceptors (Lipinski definition) is 4. The third kappa shape index (κ3) is 3.01. The van der Waals surface area contributed by atoms with Crippen LogP contribution < -0.4 is 10.9 Å². The van der Waals surface area contributed by atoms with Crippen molar-refractivity contribution < 1.29 is 9.90 Å². The summed E-state index contributed by atoms with van der Waals surface area (Å²) in [4.78, 5) is 24.1. The molecule has 0 spiro atoms. The molecular weight excluding hydrogens is 282 g/mol. The molecule has 1 amide bonds. The minimum absolute atomic E-state index is 0.0140. The van der Waals surface area contributed by atoms with Gasteiger partial charge in [-0.15, -0.1) is 0 Å². The molecule has 0 radical (unpaired) electrons. The van der Waals surface area contributed by atoms with E-state index in [4.69, 9.17) is 0 Å². The van der Waals surface area contributed by atoms with Crippen LogP contribution in [-0.4, -0.2) is 34.4 Å². The summed E-state index contributed by atoms with van der Waals surface area (Å²) in [5, 5.41) is 19.5. The van der Waals surface area contributed by atoms with E-state index < -0.39 is 0 Å². The Hall–Kier alpha value is -2.21. The average Bonchev–Trinajstić information content (AvgIpc) is 2.57. The van der Waals surface area contributed by atoms with E-state index in [2.05, 4.69) is 15.5 Å². The summed E-state index contributed by atoms with van der Waals surface area (Å²) in [6.45, 7) is 4.35. The largest absolute Gasteiger partial charge is 0.396 e. The maximum absolute atomic E-state index is 12.4. The van der Waals surface area contributed by atoms with Crippen LogP contribution in [0.25, 0.3) is 10.8 Å². The molecule has 2 aromatic rings. The van der Waals surface area contributed by atoms with Crippen LogP contribution in [0.3, 0.4) is 0 Å². The van der Waals surface area contributed by atoms with Gasteiger partial charge >= 0.3 is 0 Å². The highest BCUT2D eigenvalue weighted by molar-refractivity contribution is 6.04. The van der Waals surface area contributed by atoms with Crippen LogP contribution in [0.4, 0.5) is 0 Å². The van der Waals surface area contributed by atoms with Gasteiger partial charge in [-0.2, -0.15) is 5.10 Å². The van der Waals surface area contributed by atoms with E-state index >= 15 is 0 Å². The minimum Gasteiger partial charge on any atom is -0.396 e. The standard InChI is InChI=1S/C16H21N3O3/c1-3-16(4-2,10-20)9-17-15(22)13-11-7-5-6-8-12(11)14(21)19-18-13/h5-8,20H,3-4,9-10H2,1-2H3,(H,17,22)(H,19,21). The summed E-state index contributed by atoms with van der Waals surface area (Å²) in [6.07, 6.45) is 1.53. The number of aliphatic hydroxyl groups is 1. The molecule has 0 saturated carbocycles. The van der Waals surface area contributed by atoms with Gasteiger partial charge in [-0.3, -0.25) is 9.59 Å². The highest BCUT2D eigenvalue weighted by Crippen LogP contribution is 2.24. The first-order valence-electron chi connectivity index (χ1n) is 7.43. The van der Waals surface area contributed by atoms with Gasteiger partial charge in [0.25, 0.3) is 11.5 Å². The molecule has 1 heterocycles. The predicted molar refractivity (Wildman–Crippen MR) is 84.8 cm³/mol. The number of aromatic amines is 1. The Bertz CT molecular complexity index is 712. The molecule has 118 valence electrons. The van der Waals surface area contributed by atoms with Crippen LogP contribution in [0.1, 0.15) is 37.2 Å². The third-order valence-electron chi connectivity index (χ3n) is 4.37. The van der Waals surface area contributed by atoms with Gasteiger partial charge in [0, 0.05) is 17.3 Å². The lowest BCUT2D eigenvalue weighted by molar-refractivity contribution is 0.0847. The maximum atomic E-state index is 12.4. The number of H-pyrrole nitrogens is 1. The topological polar surface area (TPSA) is 95.1 Å². The van der Waals surface area contributed by atoms with Crippen molar-refractivity contribution in [2.24, 2.45) is 5.41 Å². The molecule has 0 fully saturated rings. The Labute approximate surface area is 128 Å². The molecule has 22 heavy (non-hydrogen) atoms. The molecule has 0 atom stereocenters.